The molecule has 0 fully saturated rings. The molecule has 7 heteroatoms. The molecule has 21 heavy (non-hydrogen) atoms. The second-order valence-electron chi connectivity index (χ2n) is 5.78. The van der Waals surface area contributed by atoms with E-state index in [0.29, 0.717) is 24.1 Å². The van der Waals surface area contributed by atoms with Crippen molar-refractivity contribution in [2.24, 2.45) is 0 Å². The zero-order valence-corrected chi connectivity index (χ0v) is 12.2. The van der Waals surface area contributed by atoms with Crippen molar-refractivity contribution in [1.29, 1.82) is 0 Å². The van der Waals surface area contributed by atoms with Gasteiger partial charge < -0.3 is 4.52 Å². The molecule has 2 heterocycles. The largest absolute Gasteiger partial charge is 0.339 e. The van der Waals surface area contributed by atoms with Crippen LogP contribution >= 0.6 is 0 Å². The topological polar surface area (TPSA) is 82.5 Å². The molecule has 0 atom stereocenters. The van der Waals surface area contributed by atoms with Crippen molar-refractivity contribution in [2.45, 2.75) is 32.7 Å². The van der Waals surface area contributed by atoms with Crippen LogP contribution < -0.4 is 0 Å². The van der Waals surface area contributed by atoms with Gasteiger partial charge in [-0.25, -0.2) is 0 Å². The average Bonchev–Trinajstić information content (AvgIpc) is 3.09. The van der Waals surface area contributed by atoms with Crippen LogP contribution in [-0.2, 0) is 12.0 Å². The molecule has 108 valence electrons. The van der Waals surface area contributed by atoms with Gasteiger partial charge in [0.1, 0.15) is 6.54 Å². The smallest absolute Gasteiger partial charge is 0.232 e. The summed E-state index contributed by atoms with van der Waals surface area (Å²) in [6.45, 7) is 6.39. The summed E-state index contributed by atoms with van der Waals surface area (Å²) in [6, 6.07) is 9.69. The lowest BCUT2D eigenvalue weighted by Crippen LogP contribution is -2.12. The van der Waals surface area contributed by atoms with Gasteiger partial charge in [-0.1, -0.05) is 56.3 Å². The van der Waals surface area contributed by atoms with Crippen LogP contribution in [0.4, 0.5) is 0 Å². The predicted molar refractivity (Wildman–Crippen MR) is 75.4 cm³/mol. The minimum absolute atomic E-state index is 0.170. The first-order chi connectivity index (χ1) is 10.0. The number of rotatable bonds is 3. The number of benzene rings is 1. The van der Waals surface area contributed by atoms with Crippen LogP contribution in [0.1, 0.15) is 32.5 Å². The molecule has 3 rings (SSSR count). The fourth-order valence-corrected chi connectivity index (χ4v) is 1.76. The summed E-state index contributed by atoms with van der Waals surface area (Å²) in [5.41, 5.74) is 0.753. The first-order valence-electron chi connectivity index (χ1n) is 6.69. The van der Waals surface area contributed by atoms with Gasteiger partial charge in [-0.05, 0) is 5.21 Å². The third-order valence-corrected chi connectivity index (χ3v) is 2.88. The van der Waals surface area contributed by atoms with E-state index in [-0.39, 0.29) is 5.41 Å². The van der Waals surface area contributed by atoms with Crippen molar-refractivity contribution in [3.63, 3.8) is 0 Å². The highest BCUT2D eigenvalue weighted by atomic mass is 16.5. The molecule has 3 aromatic rings. The van der Waals surface area contributed by atoms with Crippen LogP contribution in [-0.4, -0.2) is 30.3 Å². The molecule has 0 unspecified atom stereocenters. The summed E-state index contributed by atoms with van der Waals surface area (Å²) in [5, 5.41) is 16.3. The highest BCUT2D eigenvalue weighted by Gasteiger charge is 2.22. The molecule has 2 aromatic heterocycles. The van der Waals surface area contributed by atoms with E-state index in [4.69, 9.17) is 4.52 Å². The highest BCUT2D eigenvalue weighted by molar-refractivity contribution is 5.52. The number of tetrazole rings is 1. The number of nitrogens with zero attached hydrogens (tertiary/aromatic N) is 6. The Morgan fingerprint density at radius 1 is 1.14 bits per heavy atom. The Labute approximate surface area is 122 Å². The van der Waals surface area contributed by atoms with Crippen LogP contribution in [0.25, 0.3) is 11.4 Å². The van der Waals surface area contributed by atoms with Gasteiger partial charge in [0, 0.05) is 11.0 Å². The Morgan fingerprint density at radius 3 is 2.57 bits per heavy atom. The minimum Gasteiger partial charge on any atom is -0.339 e. The highest BCUT2D eigenvalue weighted by Crippen LogP contribution is 2.19. The Bertz CT molecular complexity index is 725. The number of hydrogen-bond donors (Lipinski definition) is 0. The van der Waals surface area contributed by atoms with Crippen molar-refractivity contribution in [2.75, 3.05) is 0 Å². The third-order valence-electron chi connectivity index (χ3n) is 2.88. The van der Waals surface area contributed by atoms with Gasteiger partial charge in [-0.15, -0.1) is 10.2 Å². The lowest BCUT2D eigenvalue weighted by atomic mass is 9.97. The van der Waals surface area contributed by atoms with E-state index >= 15 is 0 Å². The molecule has 0 amide bonds. The monoisotopic (exact) mass is 284 g/mol. The molecular weight excluding hydrogens is 268 g/mol. The van der Waals surface area contributed by atoms with Gasteiger partial charge in [0.2, 0.25) is 11.7 Å². The molecule has 0 N–H and O–H groups in total. The summed E-state index contributed by atoms with van der Waals surface area (Å²) in [6.07, 6.45) is 0. The van der Waals surface area contributed by atoms with Gasteiger partial charge in [0.15, 0.2) is 5.82 Å². The van der Waals surface area contributed by atoms with Crippen molar-refractivity contribution in [1.82, 2.24) is 30.3 Å². The normalized spacial score (nSPS) is 11.8. The lowest BCUT2D eigenvalue weighted by Gasteiger charge is -2.10. The predicted octanol–water partition coefficient (Wildman–Crippen LogP) is 2.07. The first-order valence-corrected chi connectivity index (χ1v) is 6.69. The van der Waals surface area contributed by atoms with Crippen LogP contribution in [0.15, 0.2) is 34.9 Å². The van der Waals surface area contributed by atoms with Crippen molar-refractivity contribution < 1.29 is 4.52 Å². The van der Waals surface area contributed by atoms with Gasteiger partial charge >= 0.3 is 0 Å². The van der Waals surface area contributed by atoms with Gasteiger partial charge in [-0.2, -0.15) is 9.78 Å². The Hall–Kier alpha value is -2.57. The van der Waals surface area contributed by atoms with E-state index in [2.05, 4.69) is 25.6 Å². The molecule has 0 spiro atoms. The summed E-state index contributed by atoms with van der Waals surface area (Å²) in [4.78, 5) is 5.81. The fourth-order valence-electron chi connectivity index (χ4n) is 1.76. The average molecular weight is 284 g/mol. The molecule has 7 nitrogen and oxygen atoms in total. The van der Waals surface area contributed by atoms with E-state index in [1.165, 1.54) is 4.80 Å². The lowest BCUT2D eigenvalue weighted by molar-refractivity contribution is 0.317. The molecule has 0 aliphatic carbocycles. The fraction of sp³-hybridized carbons (Fsp3) is 0.357. The molecule has 1 aromatic carbocycles. The zero-order chi connectivity index (χ0) is 14.9. The Morgan fingerprint density at radius 2 is 1.90 bits per heavy atom. The Balaban J connectivity index is 1.77. The van der Waals surface area contributed by atoms with Crippen molar-refractivity contribution in [3.8, 4) is 11.4 Å². The number of hydrogen-bond acceptors (Lipinski definition) is 6. The van der Waals surface area contributed by atoms with E-state index in [0.717, 1.165) is 5.56 Å². The Kier molecular flexibility index (Phi) is 3.25. The molecule has 0 aliphatic heterocycles. The van der Waals surface area contributed by atoms with Gasteiger partial charge in [0.25, 0.3) is 0 Å². The summed E-state index contributed by atoms with van der Waals surface area (Å²) < 4.78 is 5.24. The molecular formula is C14H16N6O. The standard InChI is InChI=1S/C14H16N6O/c1-14(2,3)13-15-11(18-21-13)9-20-17-12(16-19-20)10-7-5-4-6-8-10/h4-8H,9H2,1-3H3. The third kappa shape index (κ3) is 2.96. The molecule has 0 bridgehead atoms. The number of aromatic nitrogens is 6. The first kappa shape index (κ1) is 13.4. The van der Waals surface area contributed by atoms with Crippen LogP contribution in [0.3, 0.4) is 0 Å². The van der Waals surface area contributed by atoms with Crippen molar-refractivity contribution in [3.05, 3.63) is 42.0 Å². The minimum atomic E-state index is -0.170. The van der Waals surface area contributed by atoms with E-state index in [1.807, 2.05) is 51.1 Å². The van der Waals surface area contributed by atoms with E-state index in [9.17, 15) is 0 Å². The van der Waals surface area contributed by atoms with Gasteiger partial charge in [0.05, 0.1) is 0 Å². The van der Waals surface area contributed by atoms with Crippen LogP contribution in [0.2, 0.25) is 0 Å². The molecule has 0 aliphatic rings. The summed E-state index contributed by atoms with van der Waals surface area (Å²) in [5.74, 6) is 1.72. The maximum absolute atomic E-state index is 5.24. The second-order valence-corrected chi connectivity index (χ2v) is 5.78. The second kappa shape index (κ2) is 5.08. The quantitative estimate of drug-likeness (QED) is 0.732. The molecule has 0 radical (unpaired) electrons. The van der Waals surface area contributed by atoms with E-state index < -0.39 is 0 Å². The molecule has 0 saturated carbocycles. The van der Waals surface area contributed by atoms with Crippen LogP contribution in [0.5, 0.6) is 0 Å². The summed E-state index contributed by atoms with van der Waals surface area (Å²) >= 11 is 0. The summed E-state index contributed by atoms with van der Waals surface area (Å²) in [7, 11) is 0. The maximum atomic E-state index is 5.24. The SMILES string of the molecule is CC(C)(C)c1nc(Cn2nnc(-c3ccccc3)n2)no1. The zero-order valence-electron chi connectivity index (χ0n) is 12.2. The van der Waals surface area contributed by atoms with Gasteiger partial charge in [-0.3, -0.25) is 0 Å². The van der Waals surface area contributed by atoms with E-state index in [1.54, 1.807) is 0 Å². The molecule has 0 saturated heterocycles. The van der Waals surface area contributed by atoms with Crippen molar-refractivity contribution >= 4 is 0 Å². The van der Waals surface area contributed by atoms with Crippen LogP contribution in [0, 0.1) is 0 Å². The maximum Gasteiger partial charge on any atom is 0.232 e.